The van der Waals surface area contributed by atoms with E-state index in [9.17, 15) is 14.9 Å². The molecule has 1 saturated heterocycles. The van der Waals surface area contributed by atoms with Gasteiger partial charge in [-0.3, -0.25) is 9.59 Å². The number of benzene rings is 1. The Morgan fingerprint density at radius 2 is 1.92 bits per heavy atom. The van der Waals surface area contributed by atoms with Crippen LogP contribution >= 0.6 is 23.2 Å². The Bertz CT molecular complexity index is 730. The number of carbonyl (C=O) groups excluding carboxylic acids is 2. The zero-order valence-electron chi connectivity index (χ0n) is 14.3. The van der Waals surface area contributed by atoms with Crippen molar-refractivity contribution >= 4 is 40.8 Å². The molecular formula is C18H19Cl2N3O3. The highest BCUT2D eigenvalue weighted by Crippen LogP contribution is 2.23. The maximum absolute atomic E-state index is 12.5. The Morgan fingerprint density at radius 1 is 1.31 bits per heavy atom. The second kappa shape index (κ2) is 9.46. The van der Waals surface area contributed by atoms with Crippen molar-refractivity contribution in [3.05, 3.63) is 40.0 Å². The second-order valence-electron chi connectivity index (χ2n) is 5.79. The summed E-state index contributed by atoms with van der Waals surface area (Å²) >= 11 is 11.8. The minimum atomic E-state index is -0.379. The van der Waals surface area contributed by atoms with Gasteiger partial charge in [-0.1, -0.05) is 23.2 Å². The molecule has 1 N–H and O–H groups in total. The first-order valence-electron chi connectivity index (χ1n) is 8.23. The molecule has 0 bridgehead atoms. The topological polar surface area (TPSA) is 82.4 Å². The van der Waals surface area contributed by atoms with E-state index in [1.54, 1.807) is 30.0 Å². The third-order valence-electron chi connectivity index (χ3n) is 4.00. The van der Waals surface area contributed by atoms with Crippen LogP contribution in [0.1, 0.15) is 19.8 Å². The van der Waals surface area contributed by atoms with Gasteiger partial charge in [0, 0.05) is 35.0 Å². The summed E-state index contributed by atoms with van der Waals surface area (Å²) in [6, 6.07) is 6.75. The lowest BCUT2D eigenvalue weighted by atomic mass is 9.96. The molecule has 1 fully saturated rings. The molecule has 26 heavy (non-hydrogen) atoms. The maximum Gasteiger partial charge on any atom is 0.309 e. The van der Waals surface area contributed by atoms with Gasteiger partial charge >= 0.3 is 5.97 Å². The number of hydrogen-bond acceptors (Lipinski definition) is 5. The predicted molar refractivity (Wildman–Crippen MR) is 99.7 cm³/mol. The van der Waals surface area contributed by atoms with E-state index >= 15 is 0 Å². The molecule has 138 valence electrons. The molecule has 1 aliphatic rings. The van der Waals surface area contributed by atoms with E-state index in [1.807, 2.05) is 6.07 Å². The van der Waals surface area contributed by atoms with E-state index in [4.69, 9.17) is 27.9 Å². The predicted octanol–water partition coefficient (Wildman–Crippen LogP) is 3.61. The second-order valence-corrected chi connectivity index (χ2v) is 6.66. The molecule has 0 saturated carbocycles. The summed E-state index contributed by atoms with van der Waals surface area (Å²) in [5.41, 5.74) is 0.541. The van der Waals surface area contributed by atoms with E-state index in [0.29, 0.717) is 48.3 Å². The highest BCUT2D eigenvalue weighted by atomic mass is 35.5. The van der Waals surface area contributed by atoms with E-state index < -0.39 is 0 Å². The van der Waals surface area contributed by atoms with Gasteiger partial charge < -0.3 is 15.0 Å². The molecule has 1 aliphatic heterocycles. The average molecular weight is 396 g/mol. The van der Waals surface area contributed by atoms with Crippen molar-refractivity contribution in [2.24, 2.45) is 5.92 Å². The van der Waals surface area contributed by atoms with Crippen molar-refractivity contribution in [1.29, 1.82) is 5.26 Å². The van der Waals surface area contributed by atoms with Gasteiger partial charge in [0.2, 0.25) is 0 Å². The molecule has 6 nitrogen and oxygen atoms in total. The zero-order chi connectivity index (χ0) is 19.1. The van der Waals surface area contributed by atoms with Gasteiger partial charge in [0.25, 0.3) is 5.91 Å². The highest BCUT2D eigenvalue weighted by Gasteiger charge is 2.29. The first-order valence-corrected chi connectivity index (χ1v) is 8.99. The van der Waals surface area contributed by atoms with Gasteiger partial charge in [-0.05, 0) is 38.0 Å². The normalized spacial score (nSPS) is 15.3. The number of carbonyl (C=O) groups is 2. The number of esters is 1. The fraction of sp³-hybridized carbons (Fsp3) is 0.389. The smallest absolute Gasteiger partial charge is 0.309 e. The number of halogens is 2. The van der Waals surface area contributed by atoms with Crippen LogP contribution in [0.3, 0.4) is 0 Å². The number of anilines is 1. The Balaban J connectivity index is 1.98. The van der Waals surface area contributed by atoms with Gasteiger partial charge in [-0.15, -0.1) is 0 Å². The van der Waals surface area contributed by atoms with Crippen molar-refractivity contribution in [2.45, 2.75) is 19.8 Å². The molecule has 0 atom stereocenters. The molecule has 0 aliphatic carbocycles. The number of nitrogens with one attached hydrogen (secondary N) is 1. The summed E-state index contributed by atoms with van der Waals surface area (Å²) in [6.45, 7) is 2.92. The van der Waals surface area contributed by atoms with Crippen molar-refractivity contribution in [2.75, 3.05) is 25.0 Å². The summed E-state index contributed by atoms with van der Waals surface area (Å²) in [5, 5.41) is 13.0. The van der Waals surface area contributed by atoms with Gasteiger partial charge in [0.15, 0.2) is 0 Å². The van der Waals surface area contributed by atoms with Crippen LogP contribution < -0.4 is 5.32 Å². The van der Waals surface area contributed by atoms with Gasteiger partial charge in [0.1, 0.15) is 11.6 Å². The minimum Gasteiger partial charge on any atom is -0.466 e. The highest BCUT2D eigenvalue weighted by molar-refractivity contribution is 6.35. The number of amides is 1. The summed E-state index contributed by atoms with van der Waals surface area (Å²) in [6.07, 6.45) is 2.39. The van der Waals surface area contributed by atoms with Crippen molar-refractivity contribution in [1.82, 2.24) is 4.90 Å². The van der Waals surface area contributed by atoms with Crippen LogP contribution in [0.25, 0.3) is 0 Å². The standard InChI is InChI=1S/C18H19Cl2N3O3/c1-2-26-18(25)12-3-5-23(6-4-12)17(24)13(10-21)11-22-16-8-14(19)7-15(20)9-16/h7-9,11-12,22H,2-6H2,1H3/b13-11-. The van der Waals surface area contributed by atoms with Gasteiger partial charge in [-0.2, -0.15) is 5.26 Å². The minimum absolute atomic E-state index is 0.0318. The quantitative estimate of drug-likeness (QED) is 0.467. The van der Waals surface area contributed by atoms with E-state index in [1.165, 1.54) is 6.20 Å². The van der Waals surface area contributed by atoms with Crippen LogP contribution in [0.2, 0.25) is 10.0 Å². The van der Waals surface area contributed by atoms with Crippen LogP contribution in [0.5, 0.6) is 0 Å². The molecule has 1 heterocycles. The summed E-state index contributed by atoms with van der Waals surface area (Å²) < 4.78 is 5.01. The fourth-order valence-corrected chi connectivity index (χ4v) is 3.21. The number of hydrogen-bond donors (Lipinski definition) is 1. The van der Waals surface area contributed by atoms with Crippen molar-refractivity contribution in [3.63, 3.8) is 0 Å². The Morgan fingerprint density at radius 3 is 2.46 bits per heavy atom. The molecule has 1 aromatic rings. The molecule has 0 aromatic heterocycles. The first-order chi connectivity index (χ1) is 12.4. The fourth-order valence-electron chi connectivity index (χ4n) is 2.68. The lowest BCUT2D eigenvalue weighted by Crippen LogP contribution is -2.41. The maximum atomic E-state index is 12.5. The number of nitriles is 1. The molecule has 1 aromatic carbocycles. The van der Waals surface area contributed by atoms with Gasteiger partial charge in [-0.25, -0.2) is 0 Å². The zero-order valence-corrected chi connectivity index (χ0v) is 15.8. The van der Waals surface area contributed by atoms with E-state index in [2.05, 4.69) is 5.32 Å². The lowest BCUT2D eigenvalue weighted by molar-refractivity contribution is -0.150. The molecule has 0 unspecified atom stereocenters. The summed E-state index contributed by atoms with van der Waals surface area (Å²) in [7, 11) is 0. The molecule has 2 rings (SSSR count). The van der Waals surface area contributed by atoms with Crippen LogP contribution in [0.15, 0.2) is 30.0 Å². The van der Waals surface area contributed by atoms with Crippen LogP contribution in [0, 0.1) is 17.2 Å². The van der Waals surface area contributed by atoms with Crippen LogP contribution in [-0.4, -0.2) is 36.5 Å². The molecular weight excluding hydrogens is 377 g/mol. The summed E-state index contributed by atoms with van der Waals surface area (Å²) in [4.78, 5) is 25.8. The number of nitrogens with zero attached hydrogens (tertiary/aromatic N) is 2. The Kier molecular flexibility index (Phi) is 7.31. The molecule has 1 amide bonds. The van der Waals surface area contributed by atoms with Gasteiger partial charge in [0.05, 0.1) is 12.5 Å². The molecule has 0 radical (unpaired) electrons. The van der Waals surface area contributed by atoms with Crippen LogP contribution in [0.4, 0.5) is 5.69 Å². The Labute approximate surface area is 162 Å². The SMILES string of the molecule is CCOC(=O)C1CCN(C(=O)/C(C#N)=C\Nc2cc(Cl)cc(Cl)c2)CC1. The summed E-state index contributed by atoms with van der Waals surface area (Å²) in [5.74, 6) is -0.800. The number of piperidine rings is 1. The van der Waals surface area contributed by atoms with Crippen LogP contribution in [-0.2, 0) is 14.3 Å². The number of ether oxygens (including phenoxy) is 1. The van der Waals surface area contributed by atoms with Crippen molar-refractivity contribution < 1.29 is 14.3 Å². The third-order valence-corrected chi connectivity index (χ3v) is 4.44. The molecule has 8 heteroatoms. The largest absolute Gasteiger partial charge is 0.466 e. The average Bonchev–Trinajstić information content (AvgIpc) is 2.61. The third kappa shape index (κ3) is 5.38. The van der Waals surface area contributed by atoms with Crippen molar-refractivity contribution in [3.8, 4) is 6.07 Å². The molecule has 0 spiro atoms. The Hall–Kier alpha value is -2.23. The number of rotatable bonds is 5. The van der Waals surface area contributed by atoms with E-state index in [-0.39, 0.29) is 23.4 Å². The number of likely N-dealkylation sites (tertiary alicyclic amines) is 1. The monoisotopic (exact) mass is 395 g/mol. The lowest BCUT2D eigenvalue weighted by Gasteiger charge is -2.30. The van der Waals surface area contributed by atoms with E-state index in [0.717, 1.165) is 0 Å². The first kappa shape index (κ1) is 20.1.